The first-order valence-corrected chi connectivity index (χ1v) is 10.7. The van der Waals surface area contributed by atoms with Gasteiger partial charge in [-0.05, 0) is 65.8 Å². The summed E-state index contributed by atoms with van der Waals surface area (Å²) in [5.41, 5.74) is -3.31. The lowest BCUT2D eigenvalue weighted by Gasteiger charge is -2.26. The van der Waals surface area contributed by atoms with Gasteiger partial charge in [-0.15, -0.1) is 0 Å². The zero-order valence-corrected chi connectivity index (χ0v) is 20.7. The molecule has 2 aromatic rings. The van der Waals surface area contributed by atoms with Gasteiger partial charge in [-0.2, -0.15) is 5.26 Å². The number of hydrogen-bond donors (Lipinski definition) is 0. The monoisotopic (exact) mass is 506 g/mol. The third-order valence-corrected chi connectivity index (χ3v) is 4.34. The molecule has 0 radical (unpaired) electrons. The molecule has 0 heterocycles. The Bertz CT molecular complexity index is 1180. The molecule has 9 nitrogen and oxygen atoms in total. The number of nitro benzene ring substituents is 1. The molecule has 2 aromatic carbocycles. The van der Waals surface area contributed by atoms with Gasteiger partial charge in [-0.1, -0.05) is 11.6 Å². The number of nitrogens with zero attached hydrogens (tertiary/aromatic N) is 2. The number of carbonyl (C=O) groups excluding carboxylic acids is 2. The van der Waals surface area contributed by atoms with Crippen LogP contribution in [-0.4, -0.2) is 28.1 Å². The number of hydrogen-bond acceptors (Lipinski definition) is 8. The van der Waals surface area contributed by atoms with Crippen molar-refractivity contribution in [2.45, 2.75) is 58.7 Å². The van der Waals surface area contributed by atoms with Crippen LogP contribution in [0.3, 0.4) is 0 Å². The minimum absolute atomic E-state index is 0.0621. The number of benzene rings is 2. The van der Waals surface area contributed by atoms with Gasteiger partial charge < -0.3 is 14.2 Å². The molecule has 0 N–H and O–H groups in total. The first-order chi connectivity index (χ1) is 16.0. The highest BCUT2D eigenvalue weighted by molar-refractivity contribution is 6.30. The summed E-state index contributed by atoms with van der Waals surface area (Å²) in [6.07, 6.45) is 0. The zero-order valence-electron chi connectivity index (χ0n) is 20.0. The quantitative estimate of drug-likeness (QED) is 0.207. The van der Waals surface area contributed by atoms with Crippen LogP contribution >= 0.6 is 11.6 Å². The van der Waals surface area contributed by atoms with Gasteiger partial charge in [0.25, 0.3) is 0 Å². The lowest BCUT2D eigenvalue weighted by Crippen LogP contribution is -2.36. The molecule has 11 heteroatoms. The van der Waals surface area contributed by atoms with Gasteiger partial charge in [0.1, 0.15) is 17.0 Å². The van der Waals surface area contributed by atoms with Gasteiger partial charge in [0.15, 0.2) is 11.7 Å². The lowest BCUT2D eigenvalue weighted by molar-refractivity contribution is -0.385. The molecule has 0 aliphatic rings. The first-order valence-electron chi connectivity index (χ1n) is 10.3. The van der Waals surface area contributed by atoms with Crippen molar-refractivity contribution in [3.63, 3.8) is 0 Å². The van der Waals surface area contributed by atoms with E-state index < -0.39 is 56.8 Å². The van der Waals surface area contributed by atoms with Crippen LogP contribution in [0, 0.1) is 27.3 Å². The average Bonchev–Trinajstić information content (AvgIpc) is 2.67. The maximum Gasteiger partial charge on any atom is 0.325 e. The summed E-state index contributed by atoms with van der Waals surface area (Å²) in [5, 5.41) is 20.8. The van der Waals surface area contributed by atoms with E-state index in [1.165, 1.54) is 18.2 Å². The Kier molecular flexibility index (Phi) is 8.08. The Hall–Kier alpha value is -3.71. The van der Waals surface area contributed by atoms with Gasteiger partial charge in [-0.3, -0.25) is 19.7 Å². The van der Waals surface area contributed by atoms with Crippen LogP contribution in [0.2, 0.25) is 5.02 Å². The van der Waals surface area contributed by atoms with Crippen molar-refractivity contribution in [1.29, 1.82) is 5.26 Å². The van der Waals surface area contributed by atoms with Crippen molar-refractivity contribution in [2.24, 2.45) is 0 Å². The van der Waals surface area contributed by atoms with E-state index in [0.717, 1.165) is 12.1 Å². The van der Waals surface area contributed by atoms with E-state index >= 15 is 4.39 Å². The highest BCUT2D eigenvalue weighted by Gasteiger charge is 2.40. The fourth-order valence-corrected chi connectivity index (χ4v) is 3.13. The van der Waals surface area contributed by atoms with Crippen LogP contribution < -0.4 is 4.74 Å². The summed E-state index contributed by atoms with van der Waals surface area (Å²) in [6.45, 7) is 9.36. The molecule has 0 amide bonds. The van der Waals surface area contributed by atoms with Crippen molar-refractivity contribution in [2.75, 3.05) is 0 Å². The normalized spacial score (nSPS) is 11.5. The molecular formula is C24H24ClFN2O7. The van der Waals surface area contributed by atoms with Crippen LogP contribution in [0.5, 0.6) is 11.5 Å². The molecule has 0 atom stereocenters. The number of ether oxygens (including phenoxy) is 3. The van der Waals surface area contributed by atoms with Gasteiger partial charge in [-0.25, -0.2) is 4.39 Å². The average molecular weight is 507 g/mol. The third kappa shape index (κ3) is 7.39. The molecule has 0 aliphatic heterocycles. The molecule has 0 saturated carbocycles. The fourth-order valence-electron chi connectivity index (χ4n) is 2.90. The zero-order chi connectivity index (χ0) is 26.7. The summed E-state index contributed by atoms with van der Waals surface area (Å²) >= 11 is 5.94. The van der Waals surface area contributed by atoms with Gasteiger partial charge in [0.2, 0.25) is 5.75 Å². The van der Waals surface area contributed by atoms with E-state index in [-0.39, 0.29) is 16.3 Å². The minimum atomic E-state index is -1.90. The van der Waals surface area contributed by atoms with Crippen molar-refractivity contribution >= 4 is 29.2 Å². The van der Waals surface area contributed by atoms with E-state index in [0.29, 0.717) is 0 Å². The van der Waals surface area contributed by atoms with E-state index in [2.05, 4.69) is 0 Å². The Balaban J connectivity index is 2.70. The van der Waals surface area contributed by atoms with Gasteiger partial charge in [0, 0.05) is 16.7 Å². The second-order valence-electron chi connectivity index (χ2n) is 9.46. The molecule has 186 valence electrons. The molecule has 0 unspecified atom stereocenters. The van der Waals surface area contributed by atoms with Gasteiger partial charge in [0.05, 0.1) is 16.6 Å². The summed E-state index contributed by atoms with van der Waals surface area (Å²) in [4.78, 5) is 36.6. The summed E-state index contributed by atoms with van der Waals surface area (Å²) in [6, 6.07) is 7.39. The molecular weight excluding hydrogens is 483 g/mol. The van der Waals surface area contributed by atoms with E-state index in [4.69, 9.17) is 31.1 Å². The maximum absolute atomic E-state index is 15.8. The second kappa shape index (κ2) is 10.3. The number of esters is 2. The summed E-state index contributed by atoms with van der Waals surface area (Å²) in [5.74, 6) is -6.51. The predicted octanol–water partition coefficient (Wildman–Crippen LogP) is 5.82. The first kappa shape index (κ1) is 27.5. The molecule has 0 aliphatic carbocycles. The number of nitro groups is 1. The van der Waals surface area contributed by atoms with Crippen molar-refractivity contribution in [3.8, 4) is 17.6 Å². The van der Waals surface area contributed by atoms with Crippen LogP contribution in [0.4, 0.5) is 10.1 Å². The van der Waals surface area contributed by atoms with Crippen LogP contribution in [0.1, 0.15) is 58.6 Å². The second-order valence-corrected chi connectivity index (χ2v) is 9.90. The molecule has 0 saturated heterocycles. The number of nitriles is 1. The standard InChI is InChI=1S/C24H24ClFN2O7/c1-23(2,3)34-21(29)18(22(30)35-24(4,5)6)16-7-8-17(28(31)32)20(19(16)26)33-15-10-13(12-27)9-14(25)11-15/h7-11,18H,1-6H3. The van der Waals surface area contributed by atoms with Crippen molar-refractivity contribution < 1.29 is 33.1 Å². The Morgan fingerprint density at radius 3 is 2.06 bits per heavy atom. The largest absolute Gasteiger partial charge is 0.459 e. The highest BCUT2D eigenvalue weighted by Crippen LogP contribution is 2.40. The predicted molar refractivity (Wildman–Crippen MR) is 124 cm³/mol. The molecule has 0 spiro atoms. The van der Waals surface area contributed by atoms with Crippen molar-refractivity contribution in [3.05, 3.63) is 62.4 Å². The van der Waals surface area contributed by atoms with E-state index in [1.807, 2.05) is 6.07 Å². The van der Waals surface area contributed by atoms with Gasteiger partial charge >= 0.3 is 17.6 Å². The van der Waals surface area contributed by atoms with E-state index in [9.17, 15) is 19.7 Å². The number of halogens is 2. The Labute approximate surface area is 206 Å². The third-order valence-electron chi connectivity index (χ3n) is 4.12. The van der Waals surface area contributed by atoms with Crippen LogP contribution in [0.25, 0.3) is 0 Å². The Morgan fingerprint density at radius 2 is 1.60 bits per heavy atom. The summed E-state index contributed by atoms with van der Waals surface area (Å²) in [7, 11) is 0. The fraction of sp³-hybridized carbons (Fsp3) is 0.375. The van der Waals surface area contributed by atoms with Crippen LogP contribution in [0.15, 0.2) is 30.3 Å². The maximum atomic E-state index is 15.8. The molecule has 2 rings (SSSR count). The SMILES string of the molecule is CC(C)(C)OC(=O)C(C(=O)OC(C)(C)C)c1ccc([N+](=O)[O-])c(Oc2cc(Cl)cc(C#N)c2)c1F. The van der Waals surface area contributed by atoms with Crippen molar-refractivity contribution in [1.82, 2.24) is 0 Å². The molecule has 0 fully saturated rings. The topological polar surface area (TPSA) is 129 Å². The Morgan fingerprint density at radius 1 is 1.06 bits per heavy atom. The molecule has 0 aromatic heterocycles. The molecule has 35 heavy (non-hydrogen) atoms. The molecule has 0 bridgehead atoms. The number of rotatable bonds is 6. The smallest absolute Gasteiger partial charge is 0.325 e. The minimum Gasteiger partial charge on any atom is -0.459 e. The van der Waals surface area contributed by atoms with E-state index in [1.54, 1.807) is 41.5 Å². The van der Waals surface area contributed by atoms with Crippen LogP contribution in [-0.2, 0) is 19.1 Å². The summed E-state index contributed by atoms with van der Waals surface area (Å²) < 4.78 is 31.8. The lowest BCUT2D eigenvalue weighted by atomic mass is 9.96. The highest BCUT2D eigenvalue weighted by atomic mass is 35.5. The number of carbonyl (C=O) groups is 2.